The van der Waals surface area contributed by atoms with E-state index in [-0.39, 0.29) is 36.6 Å². The van der Waals surface area contributed by atoms with Gasteiger partial charge < -0.3 is 31.1 Å². The van der Waals surface area contributed by atoms with Crippen molar-refractivity contribution in [2.24, 2.45) is 23.2 Å². The fraction of sp³-hybridized carbons (Fsp3) is 0.588. The van der Waals surface area contributed by atoms with Crippen LogP contribution in [0.25, 0.3) is 0 Å². The van der Waals surface area contributed by atoms with Crippen molar-refractivity contribution in [1.82, 2.24) is 26.2 Å². The van der Waals surface area contributed by atoms with Gasteiger partial charge in [-0.2, -0.15) is 0 Å². The van der Waals surface area contributed by atoms with E-state index in [2.05, 4.69) is 27.8 Å². The Labute approximate surface area is 273 Å². The van der Waals surface area contributed by atoms with Gasteiger partial charge in [-0.3, -0.25) is 24.0 Å². The molecule has 254 valence electrons. The molecule has 12 heteroatoms. The van der Waals surface area contributed by atoms with E-state index < -0.39 is 59.6 Å². The van der Waals surface area contributed by atoms with Gasteiger partial charge in [0, 0.05) is 38.4 Å². The van der Waals surface area contributed by atoms with E-state index in [0.29, 0.717) is 12.0 Å². The monoisotopic (exact) mass is 640 g/mol. The molecule has 12 nitrogen and oxygen atoms in total. The Morgan fingerprint density at radius 2 is 1.59 bits per heavy atom. The van der Waals surface area contributed by atoms with Crippen LogP contribution in [0.5, 0.6) is 0 Å². The lowest BCUT2D eigenvalue weighted by Crippen LogP contribution is -2.61. The highest BCUT2D eigenvalue weighted by molar-refractivity contribution is 6.37. The molecule has 0 aromatic heterocycles. The van der Waals surface area contributed by atoms with Gasteiger partial charge in [0.1, 0.15) is 12.1 Å². The summed E-state index contributed by atoms with van der Waals surface area (Å²) >= 11 is 0. The minimum Gasteiger partial charge on any atom is -0.378 e. The lowest BCUT2D eigenvalue weighted by molar-refractivity contribution is -0.143. The van der Waals surface area contributed by atoms with Crippen LogP contribution in [0.15, 0.2) is 36.9 Å². The average molecular weight is 641 g/mol. The SMILES string of the molecule is C=CCNC(=O)C(=O)CNC(=O)[C@@H]1[C@@H](C(C)C)CCN1C(=O)[C@@H](NC(=O)N[C@H](C(=O)c1ccc(N(C)C)cc1)C(C)C)C(C)(C)C. The molecule has 0 unspecified atom stereocenters. The number of urea groups is 1. The first-order valence-corrected chi connectivity index (χ1v) is 15.8. The summed E-state index contributed by atoms with van der Waals surface area (Å²) in [6.07, 6.45) is 1.98. The molecule has 0 saturated carbocycles. The molecule has 1 aromatic carbocycles. The van der Waals surface area contributed by atoms with Crippen LogP contribution in [0, 0.1) is 23.2 Å². The van der Waals surface area contributed by atoms with Gasteiger partial charge in [0.25, 0.3) is 5.91 Å². The van der Waals surface area contributed by atoms with Gasteiger partial charge in [-0.1, -0.05) is 54.5 Å². The van der Waals surface area contributed by atoms with Gasteiger partial charge in [-0.05, 0) is 53.9 Å². The summed E-state index contributed by atoms with van der Waals surface area (Å²) in [5, 5.41) is 10.5. The van der Waals surface area contributed by atoms with Crippen LogP contribution in [0.1, 0.15) is 65.2 Å². The third-order valence-corrected chi connectivity index (χ3v) is 8.23. The van der Waals surface area contributed by atoms with Crippen molar-refractivity contribution in [2.45, 2.75) is 73.0 Å². The van der Waals surface area contributed by atoms with Gasteiger partial charge in [-0.25, -0.2) is 4.79 Å². The fourth-order valence-electron chi connectivity index (χ4n) is 5.48. The second-order valence-electron chi connectivity index (χ2n) is 13.8. The first-order chi connectivity index (χ1) is 21.4. The quantitative estimate of drug-likeness (QED) is 0.138. The Hall–Kier alpha value is -4.22. The van der Waals surface area contributed by atoms with Crippen LogP contribution in [0.4, 0.5) is 10.5 Å². The third kappa shape index (κ3) is 9.89. The molecule has 1 heterocycles. The summed E-state index contributed by atoms with van der Waals surface area (Å²) in [5.74, 6) is -3.31. The summed E-state index contributed by atoms with van der Waals surface area (Å²) in [6.45, 7) is 16.3. The molecule has 4 N–H and O–H groups in total. The molecule has 0 spiro atoms. The lowest BCUT2D eigenvalue weighted by atomic mass is 9.84. The average Bonchev–Trinajstić information content (AvgIpc) is 3.44. The van der Waals surface area contributed by atoms with E-state index in [4.69, 9.17) is 0 Å². The van der Waals surface area contributed by atoms with Crippen LogP contribution in [0.2, 0.25) is 0 Å². The number of benzene rings is 1. The van der Waals surface area contributed by atoms with Crippen LogP contribution in [0.3, 0.4) is 0 Å². The second-order valence-corrected chi connectivity index (χ2v) is 13.8. The number of amides is 5. The van der Waals surface area contributed by atoms with E-state index in [1.165, 1.54) is 11.0 Å². The van der Waals surface area contributed by atoms with Gasteiger partial charge >= 0.3 is 6.03 Å². The van der Waals surface area contributed by atoms with Gasteiger partial charge in [-0.15, -0.1) is 6.58 Å². The van der Waals surface area contributed by atoms with E-state index in [0.717, 1.165) is 5.69 Å². The highest BCUT2D eigenvalue weighted by Gasteiger charge is 2.47. The van der Waals surface area contributed by atoms with Crippen molar-refractivity contribution in [3.63, 3.8) is 0 Å². The number of ketones is 2. The van der Waals surface area contributed by atoms with Gasteiger partial charge in [0.2, 0.25) is 17.6 Å². The van der Waals surface area contributed by atoms with Crippen LogP contribution < -0.4 is 26.2 Å². The van der Waals surface area contributed by atoms with Crippen LogP contribution in [-0.2, 0) is 19.2 Å². The molecule has 1 aromatic rings. The van der Waals surface area contributed by atoms with E-state index >= 15 is 0 Å². The summed E-state index contributed by atoms with van der Waals surface area (Å²) in [4.78, 5) is 82.0. The molecule has 1 fully saturated rings. The van der Waals surface area contributed by atoms with Gasteiger partial charge in [0.05, 0.1) is 12.6 Å². The number of rotatable bonds is 14. The molecule has 4 atom stereocenters. The largest absolute Gasteiger partial charge is 0.378 e. The van der Waals surface area contributed by atoms with Crippen molar-refractivity contribution in [3.05, 3.63) is 42.5 Å². The fourth-order valence-corrected chi connectivity index (χ4v) is 5.48. The summed E-state index contributed by atoms with van der Waals surface area (Å²) < 4.78 is 0. The number of Topliss-reactive ketones (excluding diaryl/α,β-unsaturated/α-hetero) is 2. The Balaban J connectivity index is 2.25. The molecule has 1 saturated heterocycles. The second kappa shape index (κ2) is 16.4. The Morgan fingerprint density at radius 1 is 0.978 bits per heavy atom. The number of carbonyl (C=O) groups excluding carboxylic acids is 6. The molecule has 5 amide bonds. The zero-order valence-electron chi connectivity index (χ0n) is 28.7. The van der Waals surface area contributed by atoms with Crippen molar-refractivity contribution >= 4 is 41.0 Å². The maximum Gasteiger partial charge on any atom is 0.316 e. The van der Waals surface area contributed by atoms with Crippen LogP contribution >= 0.6 is 0 Å². The number of hydrogen-bond acceptors (Lipinski definition) is 7. The van der Waals surface area contributed by atoms with Crippen molar-refractivity contribution in [3.8, 4) is 0 Å². The normalized spacial score (nSPS) is 17.6. The number of likely N-dealkylation sites (tertiary alicyclic amines) is 1. The van der Waals surface area contributed by atoms with E-state index in [1.807, 2.05) is 58.8 Å². The Kier molecular flexibility index (Phi) is 13.5. The highest BCUT2D eigenvalue weighted by Crippen LogP contribution is 2.33. The highest BCUT2D eigenvalue weighted by atomic mass is 16.2. The molecule has 0 bridgehead atoms. The first kappa shape index (κ1) is 38.0. The van der Waals surface area contributed by atoms with Gasteiger partial charge in [0.15, 0.2) is 5.78 Å². The zero-order valence-corrected chi connectivity index (χ0v) is 28.7. The topological polar surface area (TPSA) is 157 Å². The van der Waals surface area contributed by atoms with Crippen molar-refractivity contribution < 1.29 is 28.8 Å². The van der Waals surface area contributed by atoms with E-state index in [9.17, 15) is 28.8 Å². The molecule has 0 radical (unpaired) electrons. The molecule has 1 aliphatic heterocycles. The maximum atomic E-state index is 14.1. The minimum absolute atomic E-state index is 0.0362. The lowest BCUT2D eigenvalue weighted by Gasteiger charge is -2.37. The minimum atomic E-state index is -1.04. The Morgan fingerprint density at radius 3 is 2.09 bits per heavy atom. The predicted molar refractivity (Wildman–Crippen MR) is 178 cm³/mol. The number of carbonyl (C=O) groups is 6. The van der Waals surface area contributed by atoms with Crippen LogP contribution in [-0.4, -0.2) is 92.1 Å². The molecule has 46 heavy (non-hydrogen) atoms. The molecule has 2 rings (SSSR count). The number of nitrogens with one attached hydrogen (secondary N) is 4. The summed E-state index contributed by atoms with van der Waals surface area (Å²) in [5.41, 5.74) is 0.628. The van der Waals surface area contributed by atoms with E-state index in [1.54, 1.807) is 32.9 Å². The summed E-state index contributed by atoms with van der Waals surface area (Å²) in [7, 11) is 3.81. The van der Waals surface area contributed by atoms with Crippen molar-refractivity contribution in [2.75, 3.05) is 38.6 Å². The first-order valence-electron chi connectivity index (χ1n) is 15.8. The summed E-state index contributed by atoms with van der Waals surface area (Å²) in [6, 6.07) is 3.64. The smallest absolute Gasteiger partial charge is 0.316 e. The Bertz CT molecular complexity index is 1280. The standard InChI is InChI=1S/C34H52N6O6/c1-11-17-35-30(43)25(41)19-36-31(44)27-24(20(2)3)16-18-40(27)32(45)29(34(6,7)8)38-33(46)37-26(21(4)5)28(42)22-12-14-23(15-13-22)39(9)10/h11-15,20-21,24,26-27,29H,1,16-19H2,2-10H3,(H,35,43)(H,36,44)(H2,37,38,46)/t24-,26+,27+,29-/m1/s1. The number of nitrogens with zero attached hydrogens (tertiary/aromatic N) is 2. The number of anilines is 1. The predicted octanol–water partition coefficient (Wildman–Crippen LogP) is 2.53. The molecule has 0 aliphatic carbocycles. The molecular weight excluding hydrogens is 588 g/mol. The molecule has 1 aliphatic rings. The number of hydrogen-bond donors (Lipinski definition) is 4. The molecular formula is C34H52N6O6. The maximum absolute atomic E-state index is 14.1. The zero-order chi connectivity index (χ0) is 34.9. The van der Waals surface area contributed by atoms with Crippen molar-refractivity contribution in [1.29, 1.82) is 0 Å². The third-order valence-electron chi connectivity index (χ3n) is 8.23.